The number of rotatable bonds is 6. The number of nitrogens with zero attached hydrogens (tertiary/aromatic N) is 2. The fraction of sp³-hybridized carbons (Fsp3) is 0.500. The molecule has 3 rings (SSSR count). The summed E-state index contributed by atoms with van der Waals surface area (Å²) >= 11 is 6.31. The molecule has 0 bridgehead atoms. The van der Waals surface area contributed by atoms with E-state index in [4.69, 9.17) is 11.6 Å². The van der Waals surface area contributed by atoms with E-state index >= 15 is 0 Å². The first kappa shape index (κ1) is 22.2. The maximum Gasteiger partial charge on any atom is 0.334 e. The minimum atomic E-state index is -0.731. The molecular formula is C22H28ClN3O4. The van der Waals surface area contributed by atoms with Crippen molar-refractivity contribution < 1.29 is 9.90 Å². The Morgan fingerprint density at radius 3 is 2.50 bits per heavy atom. The van der Waals surface area contributed by atoms with Crippen molar-refractivity contribution in [2.24, 2.45) is 0 Å². The van der Waals surface area contributed by atoms with E-state index in [2.05, 4.69) is 5.32 Å². The number of halogens is 1. The normalized spacial score (nSPS) is 14.6. The van der Waals surface area contributed by atoms with E-state index in [9.17, 15) is 19.5 Å². The van der Waals surface area contributed by atoms with Gasteiger partial charge in [0.1, 0.15) is 0 Å². The van der Waals surface area contributed by atoms with Gasteiger partial charge in [-0.1, -0.05) is 49.9 Å². The Kier molecular flexibility index (Phi) is 7.02. The first-order valence-electron chi connectivity index (χ1n) is 10.5. The van der Waals surface area contributed by atoms with Crippen LogP contribution in [0.4, 0.5) is 0 Å². The number of aromatic nitrogens is 2. The third-order valence-electron chi connectivity index (χ3n) is 5.69. The van der Waals surface area contributed by atoms with Gasteiger partial charge in [0.05, 0.1) is 6.54 Å². The summed E-state index contributed by atoms with van der Waals surface area (Å²) in [4.78, 5) is 38.9. The molecule has 0 spiro atoms. The van der Waals surface area contributed by atoms with E-state index in [1.54, 1.807) is 13.0 Å². The Morgan fingerprint density at radius 2 is 1.90 bits per heavy atom. The van der Waals surface area contributed by atoms with Gasteiger partial charge in [-0.3, -0.25) is 18.7 Å². The van der Waals surface area contributed by atoms with Crippen molar-refractivity contribution in [2.75, 3.05) is 6.54 Å². The average molecular weight is 434 g/mol. The predicted octanol–water partition coefficient (Wildman–Crippen LogP) is 3.23. The molecule has 8 heteroatoms. The largest absolute Gasteiger partial charge is 0.494 e. The lowest BCUT2D eigenvalue weighted by atomic mass is 9.95. The molecule has 0 aliphatic heterocycles. The van der Waals surface area contributed by atoms with Crippen molar-refractivity contribution >= 4 is 17.5 Å². The Labute approximate surface area is 180 Å². The average Bonchev–Trinajstić information content (AvgIpc) is 2.72. The molecule has 1 aromatic heterocycles. The molecule has 0 unspecified atom stereocenters. The van der Waals surface area contributed by atoms with Crippen LogP contribution in [0, 0.1) is 0 Å². The molecule has 30 heavy (non-hydrogen) atoms. The molecule has 1 aliphatic carbocycles. The minimum absolute atomic E-state index is 0.00772. The molecule has 1 aromatic carbocycles. The van der Waals surface area contributed by atoms with Gasteiger partial charge in [-0.05, 0) is 43.4 Å². The number of aromatic hydroxyl groups is 1. The van der Waals surface area contributed by atoms with Gasteiger partial charge in [-0.15, -0.1) is 0 Å². The van der Waals surface area contributed by atoms with E-state index in [0.29, 0.717) is 30.0 Å². The lowest BCUT2D eigenvalue weighted by Crippen LogP contribution is -2.46. The van der Waals surface area contributed by atoms with E-state index in [0.717, 1.165) is 40.4 Å². The van der Waals surface area contributed by atoms with Gasteiger partial charge < -0.3 is 10.4 Å². The van der Waals surface area contributed by atoms with E-state index in [1.807, 2.05) is 19.1 Å². The molecular weight excluding hydrogens is 406 g/mol. The van der Waals surface area contributed by atoms with Crippen LogP contribution in [-0.2, 0) is 13.0 Å². The molecule has 0 radical (unpaired) electrons. The molecule has 7 nitrogen and oxygen atoms in total. The summed E-state index contributed by atoms with van der Waals surface area (Å²) in [5.41, 5.74) is -0.0464. The lowest BCUT2D eigenvalue weighted by Gasteiger charge is -2.25. The summed E-state index contributed by atoms with van der Waals surface area (Å²) in [5.74, 6) is -1.30. The van der Waals surface area contributed by atoms with Crippen molar-refractivity contribution in [1.82, 2.24) is 14.5 Å². The van der Waals surface area contributed by atoms with E-state index < -0.39 is 28.6 Å². The van der Waals surface area contributed by atoms with Crippen LogP contribution in [-0.4, -0.2) is 26.7 Å². The van der Waals surface area contributed by atoms with Crippen LogP contribution in [0.1, 0.15) is 73.5 Å². The van der Waals surface area contributed by atoms with Crippen LogP contribution in [0.25, 0.3) is 0 Å². The summed E-state index contributed by atoms with van der Waals surface area (Å²) in [6.45, 7) is 4.03. The van der Waals surface area contributed by atoms with Gasteiger partial charge in [0.2, 0.25) is 5.88 Å². The number of hydrogen-bond acceptors (Lipinski definition) is 4. The van der Waals surface area contributed by atoms with E-state index in [1.165, 1.54) is 0 Å². The van der Waals surface area contributed by atoms with Crippen LogP contribution >= 0.6 is 11.6 Å². The Bertz CT molecular complexity index is 1050. The Hall–Kier alpha value is -2.54. The monoisotopic (exact) mass is 433 g/mol. The van der Waals surface area contributed by atoms with Crippen molar-refractivity contribution in [3.8, 4) is 5.88 Å². The summed E-state index contributed by atoms with van der Waals surface area (Å²) in [6, 6.07) is 5.18. The molecule has 1 aliphatic rings. The Balaban J connectivity index is 2.16. The molecule has 0 atom stereocenters. The number of benzene rings is 1. The Morgan fingerprint density at radius 1 is 1.20 bits per heavy atom. The van der Waals surface area contributed by atoms with Crippen molar-refractivity contribution in [2.45, 2.75) is 65.0 Å². The highest BCUT2D eigenvalue weighted by molar-refractivity contribution is 6.31. The number of carbonyl (C=O) groups excluding carboxylic acids is 1. The number of hydrogen-bond donors (Lipinski definition) is 2. The fourth-order valence-electron chi connectivity index (χ4n) is 4.07. The topological polar surface area (TPSA) is 93.3 Å². The first-order valence-corrected chi connectivity index (χ1v) is 10.9. The molecule has 1 saturated carbocycles. The van der Waals surface area contributed by atoms with Gasteiger partial charge in [-0.2, -0.15) is 0 Å². The third kappa shape index (κ3) is 4.31. The summed E-state index contributed by atoms with van der Waals surface area (Å²) < 4.78 is 2.25. The molecule has 2 aromatic rings. The molecule has 162 valence electrons. The number of aryl methyl sites for hydroxylation is 1. The molecule has 1 amide bonds. The second kappa shape index (κ2) is 9.51. The highest BCUT2D eigenvalue weighted by atomic mass is 35.5. The molecule has 2 N–H and O–H groups in total. The van der Waals surface area contributed by atoms with Gasteiger partial charge >= 0.3 is 5.69 Å². The maximum atomic E-state index is 13.3. The molecule has 0 saturated heterocycles. The SMILES string of the molecule is CCNC(=O)c1c(O)n(Cc2ccc(CC)c(Cl)c2)c(=O)n(C2CCCCC2)c1=O. The minimum Gasteiger partial charge on any atom is -0.494 e. The van der Waals surface area contributed by atoms with Crippen LogP contribution in [0.5, 0.6) is 5.88 Å². The smallest absolute Gasteiger partial charge is 0.334 e. The van der Waals surface area contributed by atoms with Gasteiger partial charge in [0.15, 0.2) is 5.56 Å². The van der Waals surface area contributed by atoms with Gasteiger partial charge in [0, 0.05) is 17.6 Å². The van der Waals surface area contributed by atoms with Crippen molar-refractivity contribution in [3.05, 3.63) is 60.8 Å². The number of nitrogens with one attached hydrogen (secondary N) is 1. The standard InChI is InChI=1S/C22H28ClN3O4/c1-3-15-11-10-14(12-17(15)23)13-25-20(28)18(19(27)24-4-2)21(29)26(22(25)30)16-8-6-5-7-9-16/h10-12,16,28H,3-9,13H2,1-2H3,(H,24,27). The van der Waals surface area contributed by atoms with Gasteiger partial charge in [-0.25, -0.2) is 4.79 Å². The first-order chi connectivity index (χ1) is 14.4. The molecule has 1 heterocycles. The zero-order valence-corrected chi connectivity index (χ0v) is 18.2. The maximum absolute atomic E-state index is 13.3. The number of carbonyl (C=O) groups is 1. The third-order valence-corrected chi connectivity index (χ3v) is 6.04. The van der Waals surface area contributed by atoms with Crippen molar-refractivity contribution in [1.29, 1.82) is 0 Å². The van der Waals surface area contributed by atoms with E-state index in [-0.39, 0.29) is 12.6 Å². The van der Waals surface area contributed by atoms with Crippen LogP contribution < -0.4 is 16.6 Å². The lowest BCUT2D eigenvalue weighted by molar-refractivity contribution is 0.0948. The van der Waals surface area contributed by atoms with Gasteiger partial charge in [0.25, 0.3) is 11.5 Å². The van der Waals surface area contributed by atoms with Crippen molar-refractivity contribution in [3.63, 3.8) is 0 Å². The summed E-state index contributed by atoms with van der Waals surface area (Å²) in [6.07, 6.45) is 5.07. The highest BCUT2D eigenvalue weighted by Crippen LogP contribution is 2.27. The van der Waals surface area contributed by atoms with Crippen LogP contribution in [0.3, 0.4) is 0 Å². The summed E-state index contributed by atoms with van der Waals surface area (Å²) in [7, 11) is 0. The predicted molar refractivity (Wildman–Crippen MR) is 117 cm³/mol. The van der Waals surface area contributed by atoms with Crippen LogP contribution in [0.2, 0.25) is 5.02 Å². The zero-order chi connectivity index (χ0) is 21.8. The quantitative estimate of drug-likeness (QED) is 0.731. The second-order valence-corrected chi connectivity index (χ2v) is 8.08. The second-order valence-electron chi connectivity index (χ2n) is 7.67. The fourth-order valence-corrected chi connectivity index (χ4v) is 4.41. The summed E-state index contributed by atoms with van der Waals surface area (Å²) in [5, 5.41) is 13.9. The number of amides is 1. The highest BCUT2D eigenvalue weighted by Gasteiger charge is 2.28. The zero-order valence-electron chi connectivity index (χ0n) is 17.4. The molecule has 1 fully saturated rings. The van der Waals surface area contributed by atoms with Crippen LogP contribution in [0.15, 0.2) is 27.8 Å².